The average molecular weight is 243 g/mol. The van der Waals surface area contributed by atoms with E-state index in [1.54, 1.807) is 7.11 Å². The van der Waals surface area contributed by atoms with Crippen LogP contribution in [0.25, 0.3) is 0 Å². The first-order valence-electron chi connectivity index (χ1n) is 6.79. The molecule has 0 saturated heterocycles. The Hall–Kier alpha value is -0.120. The van der Waals surface area contributed by atoms with Gasteiger partial charge in [0.05, 0.1) is 12.7 Å². The van der Waals surface area contributed by atoms with Crippen molar-refractivity contribution in [2.24, 2.45) is 11.3 Å². The molecule has 17 heavy (non-hydrogen) atoms. The van der Waals surface area contributed by atoms with E-state index in [2.05, 4.69) is 25.7 Å². The summed E-state index contributed by atoms with van der Waals surface area (Å²) in [5.41, 5.74) is -0.0586. The molecule has 1 aliphatic rings. The van der Waals surface area contributed by atoms with Crippen LogP contribution >= 0.6 is 0 Å². The molecule has 2 atom stereocenters. The van der Waals surface area contributed by atoms with Gasteiger partial charge in [-0.05, 0) is 32.6 Å². The van der Waals surface area contributed by atoms with Gasteiger partial charge in [-0.2, -0.15) is 0 Å². The molecule has 1 saturated carbocycles. The number of ether oxygens (including phenoxy) is 1. The molecule has 1 N–H and O–H groups in total. The zero-order valence-corrected chi connectivity index (χ0v) is 12.1. The molecule has 0 heterocycles. The summed E-state index contributed by atoms with van der Waals surface area (Å²) in [6, 6.07) is 0.614. The topological polar surface area (TPSA) is 32.7 Å². The van der Waals surface area contributed by atoms with Crippen molar-refractivity contribution in [2.45, 2.75) is 52.7 Å². The largest absolute Gasteiger partial charge is 0.393 e. The van der Waals surface area contributed by atoms with Crippen LogP contribution in [0.4, 0.5) is 0 Å². The summed E-state index contributed by atoms with van der Waals surface area (Å²) in [5, 5.41) is 9.83. The summed E-state index contributed by atoms with van der Waals surface area (Å²) in [5.74, 6) is 0.858. The number of methoxy groups -OCH3 is 1. The molecule has 0 aromatic rings. The Balaban J connectivity index is 2.55. The van der Waals surface area contributed by atoms with Crippen LogP contribution < -0.4 is 0 Å². The molecular formula is C14H29NO2. The molecule has 0 aromatic carbocycles. The number of nitrogens with zero attached hydrogens (tertiary/aromatic N) is 1. The Morgan fingerprint density at radius 2 is 1.94 bits per heavy atom. The maximum Gasteiger partial charge on any atom is 0.0589 e. The van der Waals surface area contributed by atoms with Crippen LogP contribution in [-0.4, -0.2) is 49.0 Å². The molecule has 2 unspecified atom stereocenters. The van der Waals surface area contributed by atoms with E-state index in [9.17, 15) is 5.11 Å². The van der Waals surface area contributed by atoms with Crippen LogP contribution in [0.3, 0.4) is 0 Å². The average Bonchev–Trinajstić information content (AvgIpc) is 3.06. The molecule has 102 valence electrons. The second-order valence-electron chi connectivity index (χ2n) is 6.21. The fourth-order valence-electron chi connectivity index (χ4n) is 2.17. The fourth-order valence-corrected chi connectivity index (χ4v) is 2.17. The van der Waals surface area contributed by atoms with Crippen molar-refractivity contribution in [3.8, 4) is 0 Å². The van der Waals surface area contributed by atoms with Crippen molar-refractivity contribution in [1.29, 1.82) is 0 Å². The maximum absolute atomic E-state index is 9.83. The predicted molar refractivity (Wildman–Crippen MR) is 71.1 cm³/mol. The third-order valence-corrected chi connectivity index (χ3v) is 4.20. The van der Waals surface area contributed by atoms with Crippen molar-refractivity contribution in [3.63, 3.8) is 0 Å². The van der Waals surface area contributed by atoms with Gasteiger partial charge in [0.1, 0.15) is 0 Å². The van der Waals surface area contributed by atoms with Gasteiger partial charge in [0.15, 0.2) is 0 Å². The molecule has 0 aromatic heterocycles. The van der Waals surface area contributed by atoms with Crippen LogP contribution in [0.1, 0.15) is 40.5 Å². The maximum atomic E-state index is 9.83. The van der Waals surface area contributed by atoms with Crippen molar-refractivity contribution in [3.05, 3.63) is 0 Å². The van der Waals surface area contributed by atoms with E-state index in [0.29, 0.717) is 6.04 Å². The van der Waals surface area contributed by atoms with Crippen LogP contribution in [0, 0.1) is 11.3 Å². The van der Waals surface area contributed by atoms with Crippen LogP contribution in [0.15, 0.2) is 0 Å². The van der Waals surface area contributed by atoms with E-state index in [4.69, 9.17) is 4.74 Å². The normalized spacial score (nSPS) is 20.6. The highest BCUT2D eigenvalue weighted by molar-refractivity contribution is 4.88. The Morgan fingerprint density at radius 3 is 2.35 bits per heavy atom. The van der Waals surface area contributed by atoms with Gasteiger partial charge in [-0.25, -0.2) is 0 Å². The Morgan fingerprint density at radius 1 is 1.35 bits per heavy atom. The highest BCUT2D eigenvalue weighted by atomic mass is 16.5. The first-order valence-corrected chi connectivity index (χ1v) is 6.79. The summed E-state index contributed by atoms with van der Waals surface area (Å²) in [6.45, 7) is 11.1. The number of hydrogen-bond donors (Lipinski definition) is 1. The minimum Gasteiger partial charge on any atom is -0.393 e. The lowest BCUT2D eigenvalue weighted by Gasteiger charge is -2.38. The standard InChI is InChI=1S/C14H29NO2/c1-11(13-6-7-13)15(8-9-17-5)10-14(3,4)12(2)16/h11-13,16H,6-10H2,1-5H3. The summed E-state index contributed by atoms with van der Waals surface area (Å²) in [6.07, 6.45) is 2.44. The SMILES string of the molecule is COCCN(CC(C)(C)C(C)O)C(C)C1CC1. The second-order valence-corrected chi connectivity index (χ2v) is 6.21. The van der Waals surface area contributed by atoms with Gasteiger partial charge in [-0.1, -0.05) is 13.8 Å². The van der Waals surface area contributed by atoms with Crippen LogP contribution in [0.2, 0.25) is 0 Å². The van der Waals surface area contributed by atoms with Crippen molar-refractivity contribution in [1.82, 2.24) is 4.90 Å². The number of rotatable bonds is 8. The van der Waals surface area contributed by atoms with E-state index in [1.807, 2.05) is 6.92 Å². The summed E-state index contributed by atoms with van der Waals surface area (Å²) >= 11 is 0. The zero-order chi connectivity index (χ0) is 13.1. The number of aliphatic hydroxyl groups excluding tert-OH is 1. The minimum absolute atomic E-state index is 0.0586. The third kappa shape index (κ3) is 4.57. The monoisotopic (exact) mass is 243 g/mol. The van der Waals surface area contributed by atoms with Gasteiger partial charge in [0.2, 0.25) is 0 Å². The molecule has 0 bridgehead atoms. The van der Waals surface area contributed by atoms with E-state index < -0.39 is 0 Å². The quantitative estimate of drug-likeness (QED) is 0.709. The van der Waals surface area contributed by atoms with E-state index >= 15 is 0 Å². The Kier molecular flexibility index (Phi) is 5.42. The van der Waals surface area contributed by atoms with Gasteiger partial charge in [0.25, 0.3) is 0 Å². The van der Waals surface area contributed by atoms with Gasteiger partial charge >= 0.3 is 0 Å². The van der Waals surface area contributed by atoms with Gasteiger partial charge in [-0.3, -0.25) is 4.90 Å². The molecule has 0 spiro atoms. The predicted octanol–water partition coefficient (Wildman–Crippen LogP) is 2.14. The number of hydrogen-bond acceptors (Lipinski definition) is 3. The lowest BCUT2D eigenvalue weighted by atomic mass is 9.86. The smallest absolute Gasteiger partial charge is 0.0589 e. The molecule has 0 aliphatic heterocycles. The molecular weight excluding hydrogens is 214 g/mol. The molecule has 1 fully saturated rings. The van der Waals surface area contributed by atoms with Crippen molar-refractivity contribution in [2.75, 3.05) is 26.8 Å². The summed E-state index contributed by atoms with van der Waals surface area (Å²) < 4.78 is 5.19. The zero-order valence-electron chi connectivity index (χ0n) is 12.1. The first kappa shape index (κ1) is 14.9. The minimum atomic E-state index is -0.279. The summed E-state index contributed by atoms with van der Waals surface area (Å²) in [7, 11) is 1.75. The van der Waals surface area contributed by atoms with Crippen LogP contribution in [0.5, 0.6) is 0 Å². The fraction of sp³-hybridized carbons (Fsp3) is 1.00. The highest BCUT2D eigenvalue weighted by Gasteiger charge is 2.35. The molecule has 3 heteroatoms. The van der Waals surface area contributed by atoms with Gasteiger partial charge < -0.3 is 9.84 Å². The molecule has 3 nitrogen and oxygen atoms in total. The van der Waals surface area contributed by atoms with Gasteiger partial charge in [0, 0.05) is 31.7 Å². The Labute approximate surface area is 106 Å². The lowest BCUT2D eigenvalue weighted by molar-refractivity contribution is 0.0125. The molecule has 0 amide bonds. The summed E-state index contributed by atoms with van der Waals surface area (Å²) in [4.78, 5) is 2.48. The molecule has 0 radical (unpaired) electrons. The lowest BCUT2D eigenvalue weighted by Crippen LogP contribution is -2.46. The number of aliphatic hydroxyl groups is 1. The van der Waals surface area contributed by atoms with E-state index in [0.717, 1.165) is 25.6 Å². The van der Waals surface area contributed by atoms with Gasteiger partial charge in [-0.15, -0.1) is 0 Å². The molecule has 1 rings (SSSR count). The van der Waals surface area contributed by atoms with Crippen molar-refractivity contribution >= 4 is 0 Å². The second kappa shape index (κ2) is 6.17. The Bertz CT molecular complexity index is 224. The first-order chi connectivity index (χ1) is 7.88. The molecule has 1 aliphatic carbocycles. The van der Waals surface area contributed by atoms with E-state index in [1.165, 1.54) is 12.8 Å². The van der Waals surface area contributed by atoms with Crippen LogP contribution in [-0.2, 0) is 4.74 Å². The third-order valence-electron chi connectivity index (χ3n) is 4.20. The van der Waals surface area contributed by atoms with Crippen molar-refractivity contribution < 1.29 is 9.84 Å². The van der Waals surface area contributed by atoms with E-state index in [-0.39, 0.29) is 11.5 Å². The highest BCUT2D eigenvalue weighted by Crippen LogP contribution is 2.36.